The fraction of sp³-hybridized carbons (Fsp3) is 0.321. The molecule has 1 fully saturated rings. The smallest absolute Gasteiger partial charge is 0.465 e. The lowest BCUT2D eigenvalue weighted by Gasteiger charge is -2.32. The second kappa shape index (κ2) is 11.0. The number of Topliss-reactive ketones (excluding diaryl/α,β-unsaturated/α-hetero) is 1. The van der Waals surface area contributed by atoms with Gasteiger partial charge < -0.3 is 14.0 Å². The molecule has 1 aromatic heterocycles. The SMILES string of the molecule is CC1(C)OB(c2ccc3c(c2)CCC3=O)OC1(C)C.COC(=O)c1ccc(-c2ncc(Br)cc2[N+](=O)[O-])cc1. The van der Waals surface area contributed by atoms with Crippen molar-refractivity contribution in [2.24, 2.45) is 0 Å². The minimum absolute atomic E-state index is 0.106. The zero-order valence-corrected chi connectivity index (χ0v) is 23.9. The largest absolute Gasteiger partial charge is 0.494 e. The molecule has 1 aliphatic heterocycles. The van der Waals surface area contributed by atoms with Gasteiger partial charge >= 0.3 is 13.1 Å². The number of rotatable bonds is 4. The number of methoxy groups -OCH3 is 1. The summed E-state index contributed by atoms with van der Waals surface area (Å²) in [6.07, 6.45) is 2.94. The molecule has 0 saturated carbocycles. The molecule has 0 bridgehead atoms. The summed E-state index contributed by atoms with van der Waals surface area (Å²) in [5.74, 6) is -0.217. The van der Waals surface area contributed by atoms with Crippen LogP contribution in [0, 0.1) is 10.1 Å². The standard InChI is InChI=1S/C15H19BO3.C13H9BrN2O4/c1-14(2)15(3,4)19-16(18-14)11-6-7-12-10(9-11)5-8-13(12)17;1-20-13(17)9-4-2-8(3-5-9)12-11(16(18)19)6-10(14)7-15-12/h6-7,9H,5,8H2,1-4H3;2-7H,1H3. The lowest BCUT2D eigenvalue weighted by molar-refractivity contribution is -0.384. The fourth-order valence-electron chi connectivity index (χ4n) is 4.27. The van der Waals surface area contributed by atoms with Crippen molar-refractivity contribution < 1.29 is 28.6 Å². The Hall–Kier alpha value is -3.41. The molecule has 11 heteroatoms. The summed E-state index contributed by atoms with van der Waals surface area (Å²) in [6.45, 7) is 8.18. The highest BCUT2D eigenvalue weighted by Gasteiger charge is 2.51. The number of nitrogens with zero attached hydrogens (tertiary/aromatic N) is 2. The first-order chi connectivity index (χ1) is 18.3. The van der Waals surface area contributed by atoms with Gasteiger partial charge in [0.05, 0.1) is 28.8 Å². The first kappa shape index (κ1) is 28.6. The van der Waals surface area contributed by atoms with Crippen molar-refractivity contribution in [1.29, 1.82) is 0 Å². The summed E-state index contributed by atoms with van der Waals surface area (Å²) in [7, 11) is 0.947. The number of benzene rings is 2. The van der Waals surface area contributed by atoms with Crippen molar-refractivity contribution in [3.63, 3.8) is 0 Å². The highest BCUT2D eigenvalue weighted by Crippen LogP contribution is 2.37. The Balaban J connectivity index is 0.000000181. The number of ketones is 1. The fourth-order valence-corrected chi connectivity index (χ4v) is 4.59. The third-order valence-corrected chi connectivity index (χ3v) is 7.62. The van der Waals surface area contributed by atoms with E-state index in [2.05, 4.69) is 31.7 Å². The predicted octanol–water partition coefficient (Wildman–Crippen LogP) is 5.32. The minimum atomic E-state index is -0.499. The van der Waals surface area contributed by atoms with Crippen molar-refractivity contribution in [3.05, 3.63) is 86.0 Å². The van der Waals surface area contributed by atoms with E-state index in [0.717, 1.165) is 23.0 Å². The maximum absolute atomic E-state index is 11.6. The first-order valence-corrected chi connectivity index (χ1v) is 13.1. The summed E-state index contributed by atoms with van der Waals surface area (Å²) in [6, 6.07) is 13.6. The Morgan fingerprint density at radius 1 is 1.05 bits per heavy atom. The van der Waals surface area contributed by atoms with Gasteiger partial charge in [-0.1, -0.05) is 30.3 Å². The van der Waals surface area contributed by atoms with E-state index in [-0.39, 0.29) is 35.5 Å². The van der Waals surface area contributed by atoms with Crippen molar-refractivity contribution in [3.8, 4) is 11.3 Å². The van der Waals surface area contributed by atoms with E-state index in [1.807, 2.05) is 39.8 Å². The Bertz CT molecular complexity index is 1420. The second-order valence-electron chi connectivity index (χ2n) is 10.3. The molecule has 1 saturated heterocycles. The third kappa shape index (κ3) is 5.95. The number of carbonyl (C=O) groups excluding carboxylic acids is 2. The second-order valence-corrected chi connectivity index (χ2v) is 11.2. The molecule has 0 atom stereocenters. The molecule has 0 N–H and O–H groups in total. The van der Waals surface area contributed by atoms with Crippen LogP contribution in [-0.2, 0) is 20.5 Å². The molecule has 5 rings (SSSR count). The number of aryl methyl sites for hydroxylation is 1. The maximum Gasteiger partial charge on any atom is 0.494 e. The molecule has 2 aromatic carbocycles. The van der Waals surface area contributed by atoms with Crippen LogP contribution < -0.4 is 5.46 Å². The van der Waals surface area contributed by atoms with Gasteiger partial charge in [-0.05, 0) is 73.2 Å². The van der Waals surface area contributed by atoms with Gasteiger partial charge in [0, 0.05) is 34.3 Å². The summed E-state index contributed by atoms with van der Waals surface area (Å²) in [4.78, 5) is 37.6. The van der Waals surface area contributed by atoms with Crippen molar-refractivity contribution >= 4 is 46.0 Å². The van der Waals surface area contributed by atoms with Gasteiger partial charge in [0.1, 0.15) is 5.69 Å². The normalized spacial score (nSPS) is 16.8. The molecule has 202 valence electrons. The number of ether oxygens (including phenoxy) is 1. The van der Waals surface area contributed by atoms with Crippen LogP contribution in [0.4, 0.5) is 5.69 Å². The quantitative estimate of drug-likeness (QED) is 0.172. The average molecular weight is 595 g/mol. The molecule has 0 spiro atoms. The van der Waals surface area contributed by atoms with Crippen LogP contribution in [-0.4, -0.2) is 47.1 Å². The van der Waals surface area contributed by atoms with E-state index < -0.39 is 10.9 Å². The van der Waals surface area contributed by atoms with Gasteiger partial charge in [-0.15, -0.1) is 0 Å². The Labute approximate surface area is 235 Å². The number of aromatic nitrogens is 1. The van der Waals surface area contributed by atoms with E-state index in [0.29, 0.717) is 22.0 Å². The van der Waals surface area contributed by atoms with Crippen LogP contribution >= 0.6 is 15.9 Å². The molecule has 0 unspecified atom stereocenters. The van der Waals surface area contributed by atoms with Gasteiger partial charge in [0.15, 0.2) is 5.78 Å². The molecule has 3 aromatic rings. The van der Waals surface area contributed by atoms with Crippen LogP contribution in [0.15, 0.2) is 59.2 Å². The zero-order chi connectivity index (χ0) is 28.5. The summed E-state index contributed by atoms with van der Waals surface area (Å²) < 4.78 is 17.2. The Morgan fingerprint density at radius 2 is 1.69 bits per heavy atom. The number of esters is 1. The number of hydrogen-bond donors (Lipinski definition) is 0. The molecule has 2 aliphatic rings. The molecule has 0 amide bonds. The Kier molecular flexibility index (Phi) is 8.06. The average Bonchev–Trinajstić information content (AvgIpc) is 3.38. The van der Waals surface area contributed by atoms with E-state index >= 15 is 0 Å². The third-order valence-electron chi connectivity index (χ3n) is 7.19. The predicted molar refractivity (Wildman–Crippen MR) is 150 cm³/mol. The van der Waals surface area contributed by atoms with E-state index in [9.17, 15) is 19.7 Å². The maximum atomic E-state index is 11.6. The van der Waals surface area contributed by atoms with E-state index in [1.54, 1.807) is 12.1 Å². The minimum Gasteiger partial charge on any atom is -0.465 e. The summed E-state index contributed by atoms with van der Waals surface area (Å²) in [5.41, 5.74) is 3.40. The van der Waals surface area contributed by atoms with Crippen molar-refractivity contribution in [2.45, 2.75) is 51.7 Å². The molecular weight excluding hydrogens is 567 g/mol. The number of nitro groups is 1. The van der Waals surface area contributed by atoms with Gasteiger partial charge in [0.2, 0.25) is 0 Å². The van der Waals surface area contributed by atoms with Crippen LogP contribution in [0.3, 0.4) is 0 Å². The molecule has 9 nitrogen and oxygen atoms in total. The number of fused-ring (bicyclic) bond motifs is 1. The van der Waals surface area contributed by atoms with Gasteiger partial charge in [-0.3, -0.25) is 14.9 Å². The van der Waals surface area contributed by atoms with Crippen LogP contribution in [0.2, 0.25) is 0 Å². The van der Waals surface area contributed by atoms with Gasteiger partial charge in [-0.25, -0.2) is 9.78 Å². The van der Waals surface area contributed by atoms with Crippen LogP contribution in [0.5, 0.6) is 0 Å². The number of halogens is 1. The molecule has 2 heterocycles. The lowest BCUT2D eigenvalue weighted by atomic mass is 9.78. The summed E-state index contributed by atoms with van der Waals surface area (Å²) in [5, 5.41) is 11.0. The monoisotopic (exact) mass is 594 g/mol. The highest BCUT2D eigenvalue weighted by atomic mass is 79.9. The molecule has 0 radical (unpaired) electrons. The van der Waals surface area contributed by atoms with E-state index in [4.69, 9.17) is 9.31 Å². The molecule has 1 aliphatic carbocycles. The lowest BCUT2D eigenvalue weighted by Crippen LogP contribution is -2.41. The topological polar surface area (TPSA) is 118 Å². The number of hydrogen-bond acceptors (Lipinski definition) is 8. The van der Waals surface area contributed by atoms with Gasteiger partial charge in [-0.2, -0.15) is 0 Å². The first-order valence-electron chi connectivity index (χ1n) is 12.3. The van der Waals surface area contributed by atoms with Crippen LogP contribution in [0.25, 0.3) is 11.3 Å². The Morgan fingerprint density at radius 3 is 2.28 bits per heavy atom. The number of pyridine rings is 1. The highest BCUT2D eigenvalue weighted by molar-refractivity contribution is 9.10. The van der Waals surface area contributed by atoms with Crippen LogP contribution in [0.1, 0.15) is 60.4 Å². The van der Waals surface area contributed by atoms with Crippen molar-refractivity contribution in [1.82, 2.24) is 4.98 Å². The van der Waals surface area contributed by atoms with Gasteiger partial charge in [0.25, 0.3) is 5.69 Å². The number of carbonyl (C=O) groups is 2. The van der Waals surface area contributed by atoms with E-state index in [1.165, 1.54) is 31.5 Å². The molecular formula is C28H28BBrN2O7. The molecule has 39 heavy (non-hydrogen) atoms. The zero-order valence-electron chi connectivity index (χ0n) is 22.3. The summed E-state index contributed by atoms with van der Waals surface area (Å²) >= 11 is 3.15. The van der Waals surface area contributed by atoms with Crippen molar-refractivity contribution in [2.75, 3.05) is 7.11 Å².